The molecule has 0 bridgehead atoms. The van der Waals surface area contributed by atoms with Gasteiger partial charge in [0.2, 0.25) is 5.91 Å². The Morgan fingerprint density at radius 2 is 1.12 bits per heavy atom. The van der Waals surface area contributed by atoms with Gasteiger partial charge in [0.1, 0.15) is 61.0 Å². The first-order valence-electron chi connectivity index (χ1n) is 17.8. The number of hydrogen-bond acceptors (Lipinski definition) is 15. The van der Waals surface area contributed by atoms with Crippen LogP contribution >= 0.6 is 0 Å². The summed E-state index contributed by atoms with van der Waals surface area (Å²) in [6.07, 6.45) is -4.11. The van der Waals surface area contributed by atoms with E-state index in [9.17, 15) is 40.5 Å². The Balaban J connectivity index is 0.00000833. The third-order valence-corrected chi connectivity index (χ3v) is 9.76. The number of carbonyl (C=O) groups excluding carboxylic acids is 1. The molecule has 0 radical (unpaired) electrons. The van der Waals surface area contributed by atoms with E-state index < -0.39 is 98.4 Å². The predicted molar refractivity (Wildman–Crippen MR) is 173 cm³/mol. The number of carbonyl (C=O) groups is 1. The van der Waals surface area contributed by atoms with Gasteiger partial charge in [0, 0.05) is 25.0 Å². The lowest BCUT2D eigenvalue weighted by molar-refractivity contribution is -0.332. The van der Waals surface area contributed by atoms with E-state index in [1.165, 1.54) is 44.9 Å². The number of unbranched alkanes of at least 4 members (excludes halogenated alkanes) is 10. The summed E-state index contributed by atoms with van der Waals surface area (Å²) in [5.74, 6) is -0.235. The van der Waals surface area contributed by atoms with Crippen molar-refractivity contribution in [2.75, 3.05) is 13.2 Å². The van der Waals surface area contributed by atoms with Crippen molar-refractivity contribution in [2.24, 2.45) is 17.2 Å². The maximum Gasteiger partial charge on any atom is 0.220 e. The zero-order valence-corrected chi connectivity index (χ0v) is 31.6. The number of ether oxygens (including phenoxy) is 4. The Labute approximate surface area is 319 Å². The van der Waals surface area contributed by atoms with E-state index in [1.807, 2.05) is 0 Å². The Bertz CT molecular complexity index is 941. The fourth-order valence-electron chi connectivity index (χ4n) is 6.63. The summed E-state index contributed by atoms with van der Waals surface area (Å²) in [5.41, 5.74) is 18.3. The molecule has 3 aliphatic rings. The van der Waals surface area contributed by atoms with Crippen molar-refractivity contribution in [1.29, 1.82) is 0 Å². The second-order valence-corrected chi connectivity index (χ2v) is 13.6. The molecule has 14 N–H and O–H groups in total. The van der Waals surface area contributed by atoms with Crippen LogP contribution in [-0.4, -0.2) is 147 Å². The lowest BCUT2D eigenvalue weighted by Gasteiger charge is -2.48. The Morgan fingerprint density at radius 1 is 0.647 bits per heavy atom. The molecule has 0 aromatic carbocycles. The van der Waals surface area contributed by atoms with Crippen LogP contribution in [0, 0.1) is 0 Å². The maximum atomic E-state index is 12.5. The van der Waals surface area contributed by atoms with Crippen molar-refractivity contribution in [3.8, 4) is 0 Å². The van der Waals surface area contributed by atoms with Gasteiger partial charge < -0.3 is 114 Å². The molecule has 0 spiro atoms. The molecule has 306 valence electrons. The van der Waals surface area contributed by atoms with Gasteiger partial charge in [-0.1, -0.05) is 71.1 Å². The predicted octanol–water partition coefficient (Wildman–Crippen LogP) is -11.4. The number of nitrogens with one attached hydrogen (secondary N) is 1. The quantitative estimate of drug-likeness (QED) is 0.0541. The SMILES string of the molecule is CCCCCCCCCCCCCC(=O)NCC1O[C@H](OC2C(N)CC(N)[C@@H](OC3O[C@H](CO)C(O)[C@@H](N)[C@H]3O)[C@H]2O)C(O)[C@@H](O)[C@@H]1O.[Cl-].[Cl-].[Cl-]. The molecule has 19 heteroatoms. The smallest absolute Gasteiger partial charge is 0.220 e. The highest BCUT2D eigenvalue weighted by Gasteiger charge is 2.51. The van der Waals surface area contributed by atoms with Gasteiger partial charge in [0.15, 0.2) is 12.6 Å². The molecule has 0 aromatic rings. The largest absolute Gasteiger partial charge is 1.00 e. The summed E-state index contributed by atoms with van der Waals surface area (Å²) < 4.78 is 22.9. The number of amides is 1. The third kappa shape index (κ3) is 14.7. The molecule has 2 aliphatic heterocycles. The first-order valence-corrected chi connectivity index (χ1v) is 17.8. The van der Waals surface area contributed by atoms with Crippen LogP contribution in [0.15, 0.2) is 0 Å². The third-order valence-electron chi connectivity index (χ3n) is 9.76. The van der Waals surface area contributed by atoms with Gasteiger partial charge in [-0.2, -0.15) is 0 Å². The average Bonchev–Trinajstić information content (AvgIpc) is 3.06. The molecule has 1 saturated carbocycles. The van der Waals surface area contributed by atoms with Crippen LogP contribution in [-0.2, 0) is 23.7 Å². The minimum absolute atomic E-state index is 0. The second kappa shape index (κ2) is 25.8. The van der Waals surface area contributed by atoms with E-state index in [4.69, 9.17) is 36.1 Å². The van der Waals surface area contributed by atoms with Gasteiger partial charge in [-0.3, -0.25) is 4.79 Å². The zero-order chi connectivity index (χ0) is 35.4. The fraction of sp³-hybridized carbons (Fsp3) is 0.969. The van der Waals surface area contributed by atoms with Crippen LogP contribution in [0.2, 0.25) is 0 Å². The molecule has 7 unspecified atom stereocenters. The van der Waals surface area contributed by atoms with Crippen LogP contribution in [0.3, 0.4) is 0 Å². The Morgan fingerprint density at radius 3 is 1.63 bits per heavy atom. The van der Waals surface area contributed by atoms with Gasteiger partial charge in [-0.15, -0.1) is 0 Å². The highest BCUT2D eigenvalue weighted by atomic mass is 35.5. The molecule has 1 aliphatic carbocycles. The zero-order valence-electron chi connectivity index (χ0n) is 29.3. The highest BCUT2D eigenvalue weighted by molar-refractivity contribution is 5.75. The van der Waals surface area contributed by atoms with Crippen molar-refractivity contribution in [2.45, 2.75) is 182 Å². The lowest BCUT2D eigenvalue weighted by Crippen LogP contribution is -3.00. The van der Waals surface area contributed by atoms with E-state index in [1.54, 1.807) is 0 Å². The molecule has 16 nitrogen and oxygen atoms in total. The van der Waals surface area contributed by atoms with Gasteiger partial charge in [-0.05, 0) is 12.8 Å². The van der Waals surface area contributed by atoms with Crippen LogP contribution in [0.5, 0.6) is 0 Å². The number of aliphatic hydroxyl groups is 7. The molecule has 51 heavy (non-hydrogen) atoms. The standard InChI is InChI=1S/C32H62N4O12.3ClH/c1-2-3-4-5-6-7-8-9-10-11-12-13-21(38)36-15-19-24(40)26(42)27(43)32(45-19)48-30-18(34)14-17(33)29(28(30)44)47-31-25(41)22(35)23(39)20(16-37)46-31;;;/h17-20,22-32,37,39-44H,2-16,33-35H2,1H3,(H,36,38);3*1H/p-3/t17?,18?,19?,20-,22-,23?,24-,25-,26+,27?,28-,29-,30?,31?,32-;;;/m1.../s1. The van der Waals surface area contributed by atoms with E-state index in [2.05, 4.69) is 12.2 Å². The van der Waals surface area contributed by atoms with Gasteiger partial charge in [0.25, 0.3) is 0 Å². The Hall–Kier alpha value is -0.220. The van der Waals surface area contributed by atoms with Crippen molar-refractivity contribution in [3.63, 3.8) is 0 Å². The van der Waals surface area contributed by atoms with Crippen molar-refractivity contribution in [1.82, 2.24) is 5.32 Å². The van der Waals surface area contributed by atoms with Crippen molar-refractivity contribution in [3.05, 3.63) is 0 Å². The molecular formula is C32H62Cl3N4O12-3. The normalized spacial score (nSPS) is 38.1. The molecule has 3 rings (SSSR count). The van der Waals surface area contributed by atoms with E-state index in [-0.39, 0.29) is 56.1 Å². The minimum Gasteiger partial charge on any atom is -1.00 e. The minimum atomic E-state index is -1.73. The maximum absolute atomic E-state index is 12.5. The van der Waals surface area contributed by atoms with Crippen LogP contribution in [0.1, 0.15) is 90.4 Å². The molecular weight excluding hydrogens is 739 g/mol. The lowest BCUT2D eigenvalue weighted by atomic mass is 9.84. The average molecular weight is 801 g/mol. The van der Waals surface area contributed by atoms with Crippen molar-refractivity contribution < 1.29 is 96.7 Å². The fourth-order valence-corrected chi connectivity index (χ4v) is 6.63. The van der Waals surface area contributed by atoms with Crippen LogP contribution in [0.25, 0.3) is 0 Å². The number of rotatable bonds is 19. The summed E-state index contributed by atoms with van der Waals surface area (Å²) in [7, 11) is 0. The molecule has 1 amide bonds. The van der Waals surface area contributed by atoms with Gasteiger partial charge in [0.05, 0.1) is 12.6 Å². The summed E-state index contributed by atoms with van der Waals surface area (Å²) in [4.78, 5) is 12.5. The molecule has 0 aromatic heterocycles. The summed E-state index contributed by atoms with van der Waals surface area (Å²) >= 11 is 0. The summed E-state index contributed by atoms with van der Waals surface area (Å²) in [5, 5.41) is 75.9. The second-order valence-electron chi connectivity index (χ2n) is 13.6. The van der Waals surface area contributed by atoms with E-state index >= 15 is 0 Å². The highest BCUT2D eigenvalue weighted by Crippen LogP contribution is 2.31. The number of aliphatic hydroxyl groups excluding tert-OH is 7. The van der Waals surface area contributed by atoms with E-state index in [0.29, 0.717) is 6.42 Å². The van der Waals surface area contributed by atoms with Gasteiger partial charge >= 0.3 is 0 Å². The topological polar surface area (TPSA) is 286 Å². The molecule has 15 atom stereocenters. The first kappa shape index (κ1) is 50.8. The Kier molecular flexibility index (Phi) is 25.7. The molecule has 2 saturated heterocycles. The molecule has 2 heterocycles. The first-order chi connectivity index (χ1) is 22.9. The molecule has 3 fully saturated rings. The van der Waals surface area contributed by atoms with Crippen LogP contribution < -0.4 is 59.7 Å². The van der Waals surface area contributed by atoms with Gasteiger partial charge in [-0.25, -0.2) is 0 Å². The monoisotopic (exact) mass is 799 g/mol. The summed E-state index contributed by atoms with van der Waals surface area (Å²) in [6, 6.07) is -2.97. The van der Waals surface area contributed by atoms with Crippen molar-refractivity contribution >= 4 is 5.91 Å². The van der Waals surface area contributed by atoms with Crippen LogP contribution in [0.4, 0.5) is 0 Å². The number of hydrogen-bond donors (Lipinski definition) is 11. The summed E-state index contributed by atoms with van der Waals surface area (Å²) in [6.45, 7) is 1.44. The number of halogens is 3. The number of nitrogens with two attached hydrogens (primary N) is 3. The van der Waals surface area contributed by atoms with E-state index in [0.717, 1.165) is 25.7 Å².